The van der Waals surface area contributed by atoms with Gasteiger partial charge in [0.1, 0.15) is 5.54 Å². The van der Waals surface area contributed by atoms with Crippen LogP contribution < -0.4 is 5.32 Å². The fourth-order valence-electron chi connectivity index (χ4n) is 3.45. The van der Waals surface area contributed by atoms with Gasteiger partial charge in [-0.25, -0.2) is 4.79 Å². The van der Waals surface area contributed by atoms with Crippen molar-refractivity contribution in [2.45, 2.75) is 39.2 Å². The molecule has 1 aliphatic heterocycles. The average molecular weight is 409 g/mol. The summed E-state index contributed by atoms with van der Waals surface area (Å²) in [6.07, 6.45) is 0. The molecule has 0 saturated carbocycles. The molecule has 1 heterocycles. The van der Waals surface area contributed by atoms with Gasteiger partial charge in [-0.15, -0.1) is 0 Å². The molecule has 0 unspecified atom stereocenters. The number of nitrogens with one attached hydrogen (secondary N) is 1. The highest BCUT2D eigenvalue weighted by molar-refractivity contribution is 6.11. The standard InChI is InChI=1S/C22H23N3O5/c1-13(2)15-7-9-17(10-8-15)22(4)20(27)24(21(28)23-22)12-19(26)16-6-5-14(3)18(11-16)25(29)30/h5-11,13H,12H2,1-4H3,(H,23,28)/t22-/m0/s1. The summed E-state index contributed by atoms with van der Waals surface area (Å²) in [6, 6.07) is 10.8. The van der Waals surface area contributed by atoms with Crippen LogP contribution in [0.5, 0.6) is 0 Å². The molecule has 1 saturated heterocycles. The topological polar surface area (TPSA) is 110 Å². The van der Waals surface area contributed by atoms with Gasteiger partial charge >= 0.3 is 6.03 Å². The molecule has 1 fully saturated rings. The SMILES string of the molecule is Cc1ccc(C(=O)CN2C(=O)N[C@@](C)(c3ccc(C(C)C)cc3)C2=O)cc1[N+](=O)[O-]. The normalized spacial score (nSPS) is 18.6. The Labute approximate surface area is 174 Å². The quantitative estimate of drug-likeness (QED) is 0.339. The van der Waals surface area contributed by atoms with E-state index in [1.165, 1.54) is 18.2 Å². The monoisotopic (exact) mass is 409 g/mol. The number of amides is 3. The maximum atomic E-state index is 13.0. The maximum absolute atomic E-state index is 13.0. The first kappa shape index (κ1) is 21.2. The number of nitro benzene ring substituents is 1. The van der Waals surface area contributed by atoms with Gasteiger partial charge in [0.05, 0.1) is 11.5 Å². The molecule has 30 heavy (non-hydrogen) atoms. The summed E-state index contributed by atoms with van der Waals surface area (Å²) in [4.78, 5) is 49.6. The lowest BCUT2D eigenvalue weighted by molar-refractivity contribution is -0.385. The van der Waals surface area contributed by atoms with E-state index in [2.05, 4.69) is 19.2 Å². The van der Waals surface area contributed by atoms with Crippen molar-refractivity contribution in [3.8, 4) is 0 Å². The van der Waals surface area contributed by atoms with Gasteiger partial charge in [0, 0.05) is 17.2 Å². The van der Waals surface area contributed by atoms with Crippen molar-refractivity contribution in [2.24, 2.45) is 0 Å². The third-order valence-electron chi connectivity index (χ3n) is 5.46. The summed E-state index contributed by atoms with van der Waals surface area (Å²) in [6.45, 7) is 6.78. The third kappa shape index (κ3) is 3.68. The fourth-order valence-corrected chi connectivity index (χ4v) is 3.45. The van der Waals surface area contributed by atoms with E-state index in [0.717, 1.165) is 10.5 Å². The number of nitro groups is 1. The van der Waals surface area contributed by atoms with E-state index in [1.54, 1.807) is 26.0 Å². The fraction of sp³-hybridized carbons (Fsp3) is 0.318. The van der Waals surface area contributed by atoms with E-state index < -0.39 is 34.7 Å². The lowest BCUT2D eigenvalue weighted by atomic mass is 9.90. The number of ketones is 1. The number of carbonyl (C=O) groups is 3. The Morgan fingerprint density at radius 2 is 1.80 bits per heavy atom. The second kappa shape index (κ2) is 7.70. The molecular formula is C22H23N3O5. The van der Waals surface area contributed by atoms with Crippen molar-refractivity contribution >= 4 is 23.4 Å². The molecule has 8 heteroatoms. The zero-order chi connectivity index (χ0) is 22.2. The van der Waals surface area contributed by atoms with Crippen molar-refractivity contribution in [2.75, 3.05) is 6.54 Å². The molecule has 1 aliphatic rings. The number of benzene rings is 2. The first-order chi connectivity index (χ1) is 14.0. The van der Waals surface area contributed by atoms with E-state index in [9.17, 15) is 24.5 Å². The lowest BCUT2D eigenvalue weighted by Gasteiger charge is -2.22. The van der Waals surface area contributed by atoms with Crippen molar-refractivity contribution < 1.29 is 19.3 Å². The van der Waals surface area contributed by atoms with Crippen LogP contribution in [0.3, 0.4) is 0 Å². The van der Waals surface area contributed by atoms with Crippen LogP contribution in [0.25, 0.3) is 0 Å². The predicted octanol–water partition coefficient (Wildman–Crippen LogP) is 3.68. The van der Waals surface area contributed by atoms with E-state index in [-0.39, 0.29) is 11.3 Å². The van der Waals surface area contributed by atoms with Gasteiger partial charge in [0.2, 0.25) is 0 Å². The maximum Gasteiger partial charge on any atom is 0.325 e. The lowest BCUT2D eigenvalue weighted by Crippen LogP contribution is -2.41. The number of hydrogen-bond acceptors (Lipinski definition) is 5. The molecule has 156 valence electrons. The number of carbonyl (C=O) groups excluding carboxylic acids is 3. The van der Waals surface area contributed by atoms with Crippen molar-refractivity contribution in [1.29, 1.82) is 0 Å². The molecule has 0 spiro atoms. The van der Waals surface area contributed by atoms with Gasteiger partial charge in [-0.2, -0.15) is 0 Å². The van der Waals surface area contributed by atoms with Crippen LogP contribution in [0.2, 0.25) is 0 Å². The van der Waals surface area contributed by atoms with Crippen LogP contribution in [-0.4, -0.2) is 34.1 Å². The largest absolute Gasteiger partial charge is 0.325 e. The van der Waals surface area contributed by atoms with E-state index in [4.69, 9.17) is 0 Å². The minimum Gasteiger partial charge on any atom is -0.319 e. The summed E-state index contributed by atoms with van der Waals surface area (Å²) in [5.41, 5.74) is 0.741. The van der Waals surface area contributed by atoms with Crippen LogP contribution in [-0.2, 0) is 10.3 Å². The second-order valence-electron chi connectivity index (χ2n) is 7.90. The van der Waals surface area contributed by atoms with Crippen molar-refractivity contribution in [1.82, 2.24) is 10.2 Å². The van der Waals surface area contributed by atoms with Gasteiger partial charge < -0.3 is 5.32 Å². The first-order valence-electron chi connectivity index (χ1n) is 9.57. The molecular weight excluding hydrogens is 386 g/mol. The number of Topliss-reactive ketones (excluding diaryl/α,β-unsaturated/α-hetero) is 1. The Kier molecular flexibility index (Phi) is 5.43. The average Bonchev–Trinajstić information content (AvgIpc) is 2.92. The van der Waals surface area contributed by atoms with Gasteiger partial charge in [-0.3, -0.25) is 24.6 Å². The Bertz CT molecular complexity index is 1050. The number of imide groups is 1. The molecule has 3 rings (SSSR count). The zero-order valence-electron chi connectivity index (χ0n) is 17.3. The second-order valence-corrected chi connectivity index (χ2v) is 7.90. The Morgan fingerprint density at radius 1 is 1.17 bits per heavy atom. The number of hydrogen-bond donors (Lipinski definition) is 1. The minimum absolute atomic E-state index is 0.0720. The molecule has 0 aromatic heterocycles. The summed E-state index contributed by atoms with van der Waals surface area (Å²) in [7, 11) is 0. The van der Waals surface area contributed by atoms with Crippen LogP contribution in [0.1, 0.15) is 53.7 Å². The number of nitrogens with zero attached hydrogens (tertiary/aromatic N) is 2. The van der Waals surface area contributed by atoms with Crippen LogP contribution in [0, 0.1) is 17.0 Å². The van der Waals surface area contributed by atoms with Gasteiger partial charge in [-0.1, -0.05) is 50.2 Å². The van der Waals surface area contributed by atoms with E-state index >= 15 is 0 Å². The van der Waals surface area contributed by atoms with Gasteiger partial charge in [0.15, 0.2) is 5.78 Å². The van der Waals surface area contributed by atoms with E-state index in [1.807, 2.05) is 12.1 Å². The summed E-state index contributed by atoms with van der Waals surface area (Å²) in [5, 5.41) is 13.8. The highest BCUT2D eigenvalue weighted by Crippen LogP contribution is 2.30. The number of urea groups is 1. The highest BCUT2D eigenvalue weighted by atomic mass is 16.6. The molecule has 1 N–H and O–H groups in total. The smallest absolute Gasteiger partial charge is 0.319 e. The molecule has 0 radical (unpaired) electrons. The Hall–Kier alpha value is -3.55. The van der Waals surface area contributed by atoms with Crippen molar-refractivity contribution in [3.63, 3.8) is 0 Å². The van der Waals surface area contributed by atoms with Gasteiger partial charge in [0.25, 0.3) is 11.6 Å². The van der Waals surface area contributed by atoms with Crippen LogP contribution in [0.15, 0.2) is 42.5 Å². The van der Waals surface area contributed by atoms with E-state index in [0.29, 0.717) is 17.0 Å². The van der Waals surface area contributed by atoms with Crippen LogP contribution >= 0.6 is 0 Å². The zero-order valence-corrected chi connectivity index (χ0v) is 17.3. The molecule has 2 aromatic carbocycles. The van der Waals surface area contributed by atoms with Crippen LogP contribution in [0.4, 0.5) is 10.5 Å². The number of aryl methyl sites for hydroxylation is 1. The molecule has 8 nitrogen and oxygen atoms in total. The minimum atomic E-state index is -1.29. The first-order valence-corrected chi connectivity index (χ1v) is 9.57. The summed E-state index contributed by atoms with van der Waals surface area (Å²) in [5.74, 6) is -0.769. The van der Waals surface area contributed by atoms with Crippen molar-refractivity contribution in [3.05, 3.63) is 74.8 Å². The molecule has 0 aliphatic carbocycles. The Morgan fingerprint density at radius 3 is 2.37 bits per heavy atom. The predicted molar refractivity (Wildman–Crippen MR) is 110 cm³/mol. The molecule has 2 aromatic rings. The number of rotatable bonds is 6. The highest BCUT2D eigenvalue weighted by Gasteiger charge is 2.49. The summed E-state index contributed by atoms with van der Waals surface area (Å²) >= 11 is 0. The molecule has 0 bridgehead atoms. The summed E-state index contributed by atoms with van der Waals surface area (Å²) < 4.78 is 0. The third-order valence-corrected chi connectivity index (χ3v) is 5.46. The molecule has 1 atom stereocenters. The molecule has 3 amide bonds. The Balaban J connectivity index is 1.83. The van der Waals surface area contributed by atoms with Gasteiger partial charge in [-0.05, 0) is 30.9 Å².